The predicted molar refractivity (Wildman–Crippen MR) is 122 cm³/mol. The number of rotatable bonds is 6. The van der Waals surface area contributed by atoms with E-state index in [1.807, 2.05) is 42.7 Å². The normalized spacial score (nSPS) is 15.6. The van der Waals surface area contributed by atoms with Gasteiger partial charge < -0.3 is 20.4 Å². The number of anilines is 2. The van der Waals surface area contributed by atoms with Gasteiger partial charge in [-0.2, -0.15) is 0 Å². The fourth-order valence-corrected chi connectivity index (χ4v) is 4.24. The smallest absolute Gasteiger partial charge is 0.213 e. The minimum absolute atomic E-state index is 0.302. The number of imidazole rings is 1. The first-order chi connectivity index (χ1) is 15.2. The van der Waals surface area contributed by atoms with Crippen molar-refractivity contribution < 1.29 is 4.74 Å². The summed E-state index contributed by atoms with van der Waals surface area (Å²) in [7, 11) is 0. The van der Waals surface area contributed by atoms with Crippen LogP contribution in [0.1, 0.15) is 30.1 Å². The molecule has 5 rings (SSSR count). The highest BCUT2D eigenvalue weighted by molar-refractivity contribution is 6.35. The molecule has 4 aromatic rings. The molecule has 0 amide bonds. The average molecular weight is 435 g/mol. The van der Waals surface area contributed by atoms with Crippen molar-refractivity contribution in [2.45, 2.75) is 31.8 Å². The summed E-state index contributed by atoms with van der Waals surface area (Å²) in [4.78, 5) is 13.0. The highest BCUT2D eigenvalue weighted by Gasteiger charge is 2.22. The molecule has 8 heteroatoms. The number of nitrogens with zero attached hydrogens (tertiary/aromatic N) is 4. The summed E-state index contributed by atoms with van der Waals surface area (Å²) in [6.07, 6.45) is 9.49. The van der Waals surface area contributed by atoms with E-state index in [1.165, 1.54) is 0 Å². The zero-order chi connectivity index (χ0) is 21.2. The predicted octanol–water partition coefficient (Wildman–Crippen LogP) is 4.63. The van der Waals surface area contributed by atoms with Crippen molar-refractivity contribution in [3.63, 3.8) is 0 Å². The van der Waals surface area contributed by atoms with Crippen molar-refractivity contribution >= 4 is 33.9 Å². The van der Waals surface area contributed by atoms with Gasteiger partial charge in [-0.3, -0.25) is 0 Å². The van der Waals surface area contributed by atoms with Gasteiger partial charge in [0.1, 0.15) is 11.6 Å². The summed E-state index contributed by atoms with van der Waals surface area (Å²) in [5.41, 5.74) is 7.97. The summed E-state index contributed by atoms with van der Waals surface area (Å²) in [5, 5.41) is 5.73. The molecule has 0 aliphatic carbocycles. The monoisotopic (exact) mass is 434 g/mol. The highest BCUT2D eigenvalue weighted by Crippen LogP contribution is 2.29. The first kappa shape index (κ1) is 19.6. The number of hydrogen-bond donors (Lipinski definition) is 2. The number of pyridine rings is 2. The summed E-state index contributed by atoms with van der Waals surface area (Å²) >= 11 is 6.29. The molecule has 1 atom stereocenters. The second-order valence-electron chi connectivity index (χ2n) is 7.74. The third kappa shape index (κ3) is 4.14. The van der Waals surface area contributed by atoms with Gasteiger partial charge in [-0.25, -0.2) is 15.0 Å². The molecule has 3 aromatic heterocycles. The SMILES string of the molecule is Nc1ncc(Cl)c2cc(NCc3ccnc(OC[C@@H]4CCCn5ccnc54)c3)ccc12. The van der Waals surface area contributed by atoms with E-state index in [1.54, 1.807) is 12.4 Å². The van der Waals surface area contributed by atoms with Crippen LogP contribution >= 0.6 is 11.6 Å². The van der Waals surface area contributed by atoms with E-state index in [0.717, 1.165) is 47.2 Å². The molecule has 0 saturated carbocycles. The lowest BCUT2D eigenvalue weighted by Crippen LogP contribution is -2.21. The Morgan fingerprint density at radius 2 is 2.06 bits per heavy atom. The van der Waals surface area contributed by atoms with Gasteiger partial charge in [0, 0.05) is 60.4 Å². The molecular weight excluding hydrogens is 412 g/mol. The Kier molecular flexibility index (Phi) is 5.34. The minimum Gasteiger partial charge on any atom is -0.477 e. The molecule has 1 aromatic carbocycles. The lowest BCUT2D eigenvalue weighted by molar-refractivity contribution is 0.250. The van der Waals surface area contributed by atoms with Crippen LogP contribution in [-0.4, -0.2) is 26.1 Å². The number of halogens is 1. The minimum atomic E-state index is 0.302. The first-order valence-electron chi connectivity index (χ1n) is 10.3. The van der Waals surface area contributed by atoms with Gasteiger partial charge in [-0.1, -0.05) is 11.6 Å². The van der Waals surface area contributed by atoms with Gasteiger partial charge in [0.25, 0.3) is 0 Å². The molecule has 158 valence electrons. The van der Waals surface area contributed by atoms with Crippen LogP contribution < -0.4 is 15.8 Å². The Morgan fingerprint density at radius 1 is 1.13 bits per heavy atom. The maximum Gasteiger partial charge on any atom is 0.213 e. The number of aryl methyl sites for hydroxylation is 1. The molecule has 31 heavy (non-hydrogen) atoms. The largest absolute Gasteiger partial charge is 0.477 e. The van der Waals surface area contributed by atoms with Gasteiger partial charge in [-0.05, 0) is 42.7 Å². The maximum atomic E-state index is 6.29. The van der Waals surface area contributed by atoms with E-state index in [-0.39, 0.29) is 0 Å². The molecule has 0 unspecified atom stereocenters. The van der Waals surface area contributed by atoms with Gasteiger partial charge in [-0.15, -0.1) is 0 Å². The third-order valence-electron chi connectivity index (χ3n) is 5.66. The summed E-state index contributed by atoms with van der Waals surface area (Å²) in [6, 6.07) is 9.84. The topological polar surface area (TPSA) is 90.9 Å². The maximum absolute atomic E-state index is 6.29. The van der Waals surface area contributed by atoms with Crippen molar-refractivity contribution in [1.29, 1.82) is 0 Å². The van der Waals surface area contributed by atoms with E-state index < -0.39 is 0 Å². The van der Waals surface area contributed by atoms with Gasteiger partial charge in [0.15, 0.2) is 0 Å². The number of hydrogen-bond acceptors (Lipinski definition) is 6. The number of nitrogen functional groups attached to an aromatic ring is 1. The van der Waals surface area contributed by atoms with Crippen LogP contribution in [0.5, 0.6) is 5.88 Å². The molecule has 0 saturated heterocycles. The van der Waals surface area contributed by atoms with Crippen molar-refractivity contribution in [3.8, 4) is 5.88 Å². The second kappa shape index (κ2) is 8.43. The average Bonchev–Trinajstić information content (AvgIpc) is 3.29. The Labute approximate surface area is 185 Å². The molecule has 7 nitrogen and oxygen atoms in total. The summed E-state index contributed by atoms with van der Waals surface area (Å²) in [6.45, 7) is 2.25. The Bertz CT molecular complexity index is 1220. The molecule has 0 bridgehead atoms. The number of nitrogens with two attached hydrogens (primary N) is 1. The van der Waals surface area contributed by atoms with Gasteiger partial charge >= 0.3 is 0 Å². The van der Waals surface area contributed by atoms with E-state index >= 15 is 0 Å². The number of benzene rings is 1. The van der Waals surface area contributed by atoms with Crippen molar-refractivity contribution in [3.05, 3.63) is 71.5 Å². The fraction of sp³-hybridized carbons (Fsp3) is 0.261. The van der Waals surface area contributed by atoms with Crippen molar-refractivity contribution in [2.24, 2.45) is 0 Å². The molecule has 0 radical (unpaired) electrons. The van der Waals surface area contributed by atoms with Gasteiger partial charge in [0.05, 0.1) is 17.5 Å². The Hall–Kier alpha value is -3.32. The molecule has 1 aliphatic heterocycles. The second-order valence-corrected chi connectivity index (χ2v) is 8.14. The summed E-state index contributed by atoms with van der Waals surface area (Å²) < 4.78 is 8.23. The third-order valence-corrected chi connectivity index (χ3v) is 5.96. The van der Waals surface area contributed by atoms with Crippen LogP contribution in [0.4, 0.5) is 11.5 Å². The lowest BCUT2D eigenvalue weighted by atomic mass is 10.00. The van der Waals surface area contributed by atoms with Crippen LogP contribution in [0.15, 0.2) is 55.1 Å². The number of nitrogens with one attached hydrogen (secondary N) is 1. The van der Waals surface area contributed by atoms with Gasteiger partial charge in [0.2, 0.25) is 5.88 Å². The number of aromatic nitrogens is 4. The van der Waals surface area contributed by atoms with Crippen LogP contribution in [0.3, 0.4) is 0 Å². The fourth-order valence-electron chi connectivity index (χ4n) is 4.03. The van der Waals surface area contributed by atoms with E-state index in [2.05, 4.69) is 24.8 Å². The molecular formula is C23H23ClN6O. The molecule has 0 fully saturated rings. The quantitative estimate of drug-likeness (QED) is 0.459. The van der Waals surface area contributed by atoms with Crippen LogP contribution in [0, 0.1) is 0 Å². The lowest BCUT2D eigenvalue weighted by Gasteiger charge is -2.23. The Balaban J connectivity index is 1.24. The molecule has 4 heterocycles. The molecule has 0 spiro atoms. The first-order valence-corrected chi connectivity index (χ1v) is 10.7. The van der Waals surface area contributed by atoms with Crippen LogP contribution in [0.25, 0.3) is 10.8 Å². The zero-order valence-corrected chi connectivity index (χ0v) is 17.7. The number of fused-ring (bicyclic) bond motifs is 2. The van der Waals surface area contributed by atoms with E-state index in [0.29, 0.717) is 35.8 Å². The molecule has 1 aliphatic rings. The zero-order valence-electron chi connectivity index (χ0n) is 17.0. The summed E-state index contributed by atoms with van der Waals surface area (Å²) in [5.74, 6) is 2.51. The van der Waals surface area contributed by atoms with Crippen molar-refractivity contribution in [1.82, 2.24) is 19.5 Å². The van der Waals surface area contributed by atoms with E-state index in [9.17, 15) is 0 Å². The highest BCUT2D eigenvalue weighted by atomic mass is 35.5. The number of ether oxygens (including phenoxy) is 1. The van der Waals surface area contributed by atoms with Crippen molar-refractivity contribution in [2.75, 3.05) is 17.7 Å². The molecule has 3 N–H and O–H groups in total. The van der Waals surface area contributed by atoms with Crippen LogP contribution in [-0.2, 0) is 13.1 Å². The standard InChI is InChI=1S/C23H23ClN6O/c24-20-13-29-22(25)18-4-3-17(11-19(18)20)28-12-15-5-6-26-21(10-15)31-14-16-2-1-8-30-9-7-27-23(16)30/h3-7,9-11,13,16,28H,1-2,8,12,14H2,(H2,25,29)/t16-/m0/s1. The van der Waals surface area contributed by atoms with E-state index in [4.69, 9.17) is 22.1 Å². The van der Waals surface area contributed by atoms with Crippen LogP contribution in [0.2, 0.25) is 5.02 Å². The Morgan fingerprint density at radius 3 is 3.00 bits per heavy atom.